The third-order valence-corrected chi connectivity index (χ3v) is 4.70. The van der Waals surface area contributed by atoms with Gasteiger partial charge in [-0.15, -0.1) is 0 Å². The second-order valence-corrected chi connectivity index (χ2v) is 6.70. The molecule has 2 rings (SSSR count). The van der Waals surface area contributed by atoms with Crippen molar-refractivity contribution in [2.75, 3.05) is 18.9 Å². The zero-order valence-corrected chi connectivity index (χ0v) is 16.1. The van der Waals surface area contributed by atoms with E-state index in [9.17, 15) is 25.0 Å². The lowest BCUT2D eigenvalue weighted by Crippen LogP contribution is -2.32. The van der Waals surface area contributed by atoms with E-state index in [-0.39, 0.29) is 29.6 Å². The van der Waals surface area contributed by atoms with Crippen LogP contribution in [-0.4, -0.2) is 34.2 Å². The minimum absolute atomic E-state index is 0.0204. The summed E-state index contributed by atoms with van der Waals surface area (Å²) in [5, 5.41) is 24.8. The van der Waals surface area contributed by atoms with Crippen molar-refractivity contribution in [3.05, 3.63) is 73.3 Å². The third kappa shape index (κ3) is 4.89. The number of carbonyl (C=O) groups excluding carboxylic acids is 1. The Balaban J connectivity index is 2.13. The number of carbonyl (C=O) groups is 1. The number of amides is 1. The molecule has 28 heavy (non-hydrogen) atoms. The number of hydrogen-bond acceptors (Lipinski definition) is 6. The van der Waals surface area contributed by atoms with Gasteiger partial charge in [0.25, 0.3) is 11.4 Å². The summed E-state index contributed by atoms with van der Waals surface area (Å²) in [6.07, 6.45) is 0. The average Bonchev–Trinajstić information content (AvgIpc) is 2.63. The second kappa shape index (κ2) is 8.57. The van der Waals surface area contributed by atoms with Crippen LogP contribution in [0.15, 0.2) is 36.4 Å². The summed E-state index contributed by atoms with van der Waals surface area (Å²) in [4.78, 5) is 35.3. The largest absolute Gasteiger partial charge is 0.319 e. The maximum Gasteiger partial charge on any atom is 0.293 e. The minimum atomic E-state index is -0.530. The standard InChI is InChI=1S/C19H22N4O5/c1-12-8-17(18(23(27)28)9-13(12)2)20-19(24)11-21(4)14(3)15-6-5-7-16(10-15)22(25)26/h5-10,14H,11H2,1-4H3,(H,20,24). The van der Waals surface area contributed by atoms with Crippen LogP contribution in [0.4, 0.5) is 17.1 Å². The van der Waals surface area contributed by atoms with E-state index in [1.165, 1.54) is 18.2 Å². The number of benzene rings is 2. The number of likely N-dealkylation sites (N-methyl/N-ethyl adjacent to an activating group) is 1. The highest BCUT2D eigenvalue weighted by Gasteiger charge is 2.21. The first-order valence-corrected chi connectivity index (χ1v) is 8.60. The minimum Gasteiger partial charge on any atom is -0.319 e. The molecule has 0 saturated heterocycles. The van der Waals surface area contributed by atoms with E-state index in [1.807, 2.05) is 13.8 Å². The summed E-state index contributed by atoms with van der Waals surface area (Å²) in [6.45, 7) is 5.37. The van der Waals surface area contributed by atoms with E-state index in [4.69, 9.17) is 0 Å². The molecule has 0 bridgehead atoms. The Morgan fingerprint density at radius 1 is 1.11 bits per heavy atom. The van der Waals surface area contributed by atoms with Gasteiger partial charge in [0.05, 0.1) is 16.4 Å². The fourth-order valence-electron chi connectivity index (χ4n) is 2.76. The summed E-state index contributed by atoms with van der Waals surface area (Å²) in [7, 11) is 1.71. The molecule has 2 aromatic carbocycles. The average molecular weight is 386 g/mol. The molecule has 0 aromatic heterocycles. The van der Waals surface area contributed by atoms with Crippen LogP contribution in [0.5, 0.6) is 0 Å². The number of hydrogen-bond donors (Lipinski definition) is 1. The summed E-state index contributed by atoms with van der Waals surface area (Å²) in [5.41, 5.74) is 2.26. The SMILES string of the molecule is Cc1cc(NC(=O)CN(C)C(C)c2cccc([N+](=O)[O-])c2)c([N+](=O)[O-])cc1C. The quantitative estimate of drug-likeness (QED) is 0.572. The van der Waals surface area contributed by atoms with Crippen LogP contribution in [0, 0.1) is 34.1 Å². The normalized spacial score (nSPS) is 11.9. The van der Waals surface area contributed by atoms with Gasteiger partial charge in [0.2, 0.25) is 5.91 Å². The summed E-state index contributed by atoms with van der Waals surface area (Å²) in [6, 6.07) is 8.96. The molecule has 9 nitrogen and oxygen atoms in total. The molecule has 9 heteroatoms. The van der Waals surface area contributed by atoms with Gasteiger partial charge in [0.1, 0.15) is 5.69 Å². The Bertz CT molecular complexity index is 929. The highest BCUT2D eigenvalue weighted by Crippen LogP contribution is 2.28. The van der Waals surface area contributed by atoms with E-state index in [2.05, 4.69) is 5.32 Å². The molecule has 1 N–H and O–H groups in total. The van der Waals surface area contributed by atoms with Crippen LogP contribution in [0.25, 0.3) is 0 Å². The van der Waals surface area contributed by atoms with Crippen LogP contribution >= 0.6 is 0 Å². The van der Waals surface area contributed by atoms with Crippen LogP contribution in [-0.2, 0) is 4.79 Å². The molecule has 0 radical (unpaired) electrons. The molecule has 0 fully saturated rings. The molecule has 0 aliphatic rings. The Hall–Kier alpha value is -3.33. The Kier molecular flexibility index (Phi) is 6.42. The lowest BCUT2D eigenvalue weighted by Gasteiger charge is -2.24. The molecule has 0 spiro atoms. The maximum absolute atomic E-state index is 12.4. The number of rotatable bonds is 7. The van der Waals surface area contributed by atoms with Gasteiger partial charge in [-0.3, -0.25) is 29.9 Å². The van der Waals surface area contributed by atoms with Gasteiger partial charge in [0, 0.05) is 24.2 Å². The fourth-order valence-corrected chi connectivity index (χ4v) is 2.76. The smallest absolute Gasteiger partial charge is 0.293 e. The van der Waals surface area contributed by atoms with Crippen LogP contribution in [0.2, 0.25) is 0 Å². The van der Waals surface area contributed by atoms with Gasteiger partial charge >= 0.3 is 0 Å². The van der Waals surface area contributed by atoms with Crippen molar-refractivity contribution in [1.29, 1.82) is 0 Å². The summed E-state index contributed by atoms with van der Waals surface area (Å²) in [5.74, 6) is -0.411. The van der Waals surface area contributed by atoms with E-state index in [1.54, 1.807) is 37.1 Å². The van der Waals surface area contributed by atoms with Crippen molar-refractivity contribution in [2.24, 2.45) is 0 Å². The van der Waals surface area contributed by atoms with E-state index in [0.717, 1.165) is 11.1 Å². The van der Waals surface area contributed by atoms with Crippen LogP contribution < -0.4 is 5.32 Å². The molecule has 0 aliphatic carbocycles. The van der Waals surface area contributed by atoms with Gasteiger partial charge in [-0.05, 0) is 50.6 Å². The highest BCUT2D eigenvalue weighted by atomic mass is 16.6. The summed E-state index contributed by atoms with van der Waals surface area (Å²) < 4.78 is 0. The van der Waals surface area contributed by atoms with Crippen molar-refractivity contribution in [3.63, 3.8) is 0 Å². The highest BCUT2D eigenvalue weighted by molar-refractivity contribution is 5.94. The number of non-ortho nitro benzene ring substituents is 1. The zero-order chi connectivity index (χ0) is 21.0. The van der Waals surface area contributed by atoms with Crippen molar-refractivity contribution >= 4 is 23.0 Å². The summed E-state index contributed by atoms with van der Waals surface area (Å²) >= 11 is 0. The van der Waals surface area contributed by atoms with Crippen molar-refractivity contribution in [3.8, 4) is 0 Å². The number of nitrogens with one attached hydrogen (secondary N) is 1. The lowest BCUT2D eigenvalue weighted by atomic mass is 10.1. The van der Waals surface area contributed by atoms with Crippen LogP contribution in [0.3, 0.4) is 0 Å². The van der Waals surface area contributed by atoms with Crippen molar-refractivity contribution in [1.82, 2.24) is 4.90 Å². The first-order chi connectivity index (χ1) is 13.1. The monoisotopic (exact) mass is 386 g/mol. The van der Waals surface area contributed by atoms with Gasteiger partial charge in [-0.2, -0.15) is 0 Å². The Morgan fingerprint density at radius 3 is 2.36 bits per heavy atom. The third-order valence-electron chi connectivity index (χ3n) is 4.70. The van der Waals surface area contributed by atoms with Crippen LogP contribution in [0.1, 0.15) is 29.7 Å². The number of aryl methyl sites for hydroxylation is 2. The lowest BCUT2D eigenvalue weighted by molar-refractivity contribution is -0.385. The molecule has 2 aromatic rings. The molecule has 1 unspecified atom stereocenters. The molecule has 148 valence electrons. The first-order valence-electron chi connectivity index (χ1n) is 8.60. The molecule has 1 amide bonds. The second-order valence-electron chi connectivity index (χ2n) is 6.70. The van der Waals surface area contributed by atoms with E-state index < -0.39 is 15.8 Å². The van der Waals surface area contributed by atoms with Gasteiger partial charge in [-0.1, -0.05) is 12.1 Å². The van der Waals surface area contributed by atoms with E-state index in [0.29, 0.717) is 5.56 Å². The predicted octanol–water partition coefficient (Wildman–Crippen LogP) is 3.75. The molecule has 0 aliphatic heterocycles. The number of anilines is 1. The fraction of sp³-hybridized carbons (Fsp3) is 0.316. The van der Waals surface area contributed by atoms with Gasteiger partial charge in [0.15, 0.2) is 0 Å². The van der Waals surface area contributed by atoms with Crippen molar-refractivity contribution in [2.45, 2.75) is 26.8 Å². The van der Waals surface area contributed by atoms with Gasteiger partial charge in [-0.25, -0.2) is 0 Å². The Labute approximate surface area is 162 Å². The topological polar surface area (TPSA) is 119 Å². The number of nitrogens with zero attached hydrogens (tertiary/aromatic N) is 3. The molecular formula is C19H22N4O5. The zero-order valence-electron chi connectivity index (χ0n) is 16.1. The molecule has 0 saturated carbocycles. The predicted molar refractivity (Wildman–Crippen MR) is 105 cm³/mol. The molecule has 1 atom stereocenters. The number of nitro groups is 2. The van der Waals surface area contributed by atoms with E-state index >= 15 is 0 Å². The molecular weight excluding hydrogens is 364 g/mol. The Morgan fingerprint density at radius 2 is 1.75 bits per heavy atom. The van der Waals surface area contributed by atoms with Crippen molar-refractivity contribution < 1.29 is 14.6 Å². The van der Waals surface area contributed by atoms with Gasteiger partial charge < -0.3 is 5.32 Å². The number of nitro benzene ring substituents is 2. The first kappa shape index (κ1) is 21.0. The maximum atomic E-state index is 12.4. The molecule has 0 heterocycles.